The molecule has 2 N–H and O–H groups in total. The van der Waals surface area contributed by atoms with Crippen LogP contribution in [0.5, 0.6) is 0 Å². The van der Waals surface area contributed by atoms with Gasteiger partial charge in [0.25, 0.3) is 5.91 Å². The fraction of sp³-hybridized carbons (Fsp3) is 0.294. The van der Waals surface area contributed by atoms with Gasteiger partial charge in [0.05, 0.1) is 37.3 Å². The Morgan fingerprint density at radius 1 is 1.27 bits per heavy atom. The summed E-state index contributed by atoms with van der Waals surface area (Å²) in [5.41, 5.74) is 2.95. The lowest BCUT2D eigenvalue weighted by Gasteiger charge is -2.25. The van der Waals surface area contributed by atoms with Gasteiger partial charge in [-0.15, -0.1) is 0 Å². The van der Waals surface area contributed by atoms with Crippen LogP contribution in [0.15, 0.2) is 36.4 Å². The first-order valence-electron chi connectivity index (χ1n) is 8.27. The summed E-state index contributed by atoms with van der Waals surface area (Å²) in [4.78, 5) is 15.4. The Hall–Kier alpha value is -2.65. The van der Waals surface area contributed by atoms with Gasteiger partial charge in [0, 0.05) is 17.4 Å². The summed E-state index contributed by atoms with van der Waals surface area (Å²) in [6.07, 6.45) is 1.21. The highest BCUT2D eigenvalue weighted by atomic mass is 32.2. The Balaban J connectivity index is 1.44. The van der Waals surface area contributed by atoms with Crippen LogP contribution in [0.25, 0.3) is 10.9 Å². The maximum absolute atomic E-state index is 12.3. The van der Waals surface area contributed by atoms with Crippen LogP contribution in [0, 0.1) is 0 Å². The van der Waals surface area contributed by atoms with Gasteiger partial charge in [0.15, 0.2) is 0 Å². The van der Waals surface area contributed by atoms with Crippen LogP contribution in [0.4, 0.5) is 0 Å². The zero-order chi connectivity index (χ0) is 18.3. The Labute approximate surface area is 150 Å². The minimum absolute atomic E-state index is 0.204. The second kappa shape index (κ2) is 6.26. The van der Waals surface area contributed by atoms with Gasteiger partial charge in [-0.25, -0.2) is 8.42 Å². The molecule has 0 atom stereocenters. The molecule has 0 bridgehead atoms. The van der Waals surface area contributed by atoms with E-state index in [0.717, 1.165) is 16.6 Å². The predicted molar refractivity (Wildman–Crippen MR) is 96.9 cm³/mol. The normalized spacial score (nSPS) is 15.1. The number of nitrogens with zero attached hydrogens (tertiary/aromatic N) is 3. The smallest absolute Gasteiger partial charge is 0.268 e. The van der Waals surface area contributed by atoms with Crippen molar-refractivity contribution < 1.29 is 13.2 Å². The molecule has 3 aromatic rings. The Morgan fingerprint density at radius 2 is 2.08 bits per heavy atom. The third-order valence-electron chi connectivity index (χ3n) is 4.49. The number of benzene rings is 1. The second-order valence-electron chi connectivity index (χ2n) is 6.40. The van der Waals surface area contributed by atoms with E-state index in [2.05, 4.69) is 15.4 Å². The van der Waals surface area contributed by atoms with Crippen LogP contribution in [-0.4, -0.2) is 46.2 Å². The SMILES string of the molecule is CS(=O)(=O)N1CCn2nc(CNC(=O)c3cc4ccccc4[nH]3)cc2C1. The highest BCUT2D eigenvalue weighted by Gasteiger charge is 2.24. The number of carbonyl (C=O) groups is 1. The maximum Gasteiger partial charge on any atom is 0.268 e. The molecule has 0 saturated carbocycles. The lowest BCUT2D eigenvalue weighted by Crippen LogP contribution is -2.37. The largest absolute Gasteiger partial charge is 0.351 e. The molecule has 1 aliphatic rings. The number of aromatic nitrogens is 3. The van der Waals surface area contributed by atoms with E-state index in [0.29, 0.717) is 31.0 Å². The first-order chi connectivity index (χ1) is 12.4. The van der Waals surface area contributed by atoms with Crippen molar-refractivity contribution in [3.63, 3.8) is 0 Å². The van der Waals surface area contributed by atoms with Crippen molar-refractivity contribution in [3.8, 4) is 0 Å². The van der Waals surface area contributed by atoms with Gasteiger partial charge < -0.3 is 10.3 Å². The average Bonchev–Trinajstić information content (AvgIpc) is 3.21. The minimum atomic E-state index is -3.22. The number of amides is 1. The molecule has 0 aliphatic carbocycles. The molecule has 0 fully saturated rings. The summed E-state index contributed by atoms with van der Waals surface area (Å²) < 4.78 is 26.6. The lowest BCUT2D eigenvalue weighted by atomic mass is 10.2. The number of nitrogens with one attached hydrogen (secondary N) is 2. The number of fused-ring (bicyclic) bond motifs is 2. The molecule has 3 heterocycles. The Kier molecular flexibility index (Phi) is 4.04. The van der Waals surface area contributed by atoms with E-state index in [1.807, 2.05) is 36.4 Å². The predicted octanol–water partition coefficient (Wildman–Crippen LogP) is 1.07. The van der Waals surface area contributed by atoms with Gasteiger partial charge in [-0.2, -0.15) is 9.40 Å². The average molecular weight is 373 g/mol. The number of aromatic amines is 1. The van der Waals surface area contributed by atoms with Crippen molar-refractivity contribution in [3.05, 3.63) is 53.5 Å². The van der Waals surface area contributed by atoms with Crippen LogP contribution in [0.3, 0.4) is 0 Å². The minimum Gasteiger partial charge on any atom is -0.351 e. The molecule has 0 radical (unpaired) electrons. The van der Waals surface area contributed by atoms with Crippen molar-refractivity contribution in [2.24, 2.45) is 0 Å². The van der Waals surface area contributed by atoms with E-state index in [9.17, 15) is 13.2 Å². The third-order valence-corrected chi connectivity index (χ3v) is 5.74. The van der Waals surface area contributed by atoms with Gasteiger partial charge in [0.1, 0.15) is 5.69 Å². The van der Waals surface area contributed by atoms with E-state index in [1.165, 1.54) is 10.6 Å². The van der Waals surface area contributed by atoms with E-state index < -0.39 is 10.0 Å². The Bertz CT molecular complexity index is 1050. The van der Waals surface area contributed by atoms with Gasteiger partial charge in [-0.1, -0.05) is 18.2 Å². The lowest BCUT2D eigenvalue weighted by molar-refractivity contribution is 0.0946. The molecule has 8 nitrogen and oxygen atoms in total. The van der Waals surface area contributed by atoms with Crippen molar-refractivity contribution in [1.82, 2.24) is 24.4 Å². The summed E-state index contributed by atoms with van der Waals surface area (Å²) in [5, 5.41) is 8.28. The first-order valence-corrected chi connectivity index (χ1v) is 10.1. The second-order valence-corrected chi connectivity index (χ2v) is 8.38. The van der Waals surface area contributed by atoms with Crippen molar-refractivity contribution in [2.75, 3.05) is 12.8 Å². The molecular weight excluding hydrogens is 354 g/mol. The maximum atomic E-state index is 12.3. The molecule has 0 unspecified atom stereocenters. The molecule has 9 heteroatoms. The van der Waals surface area contributed by atoms with Crippen LogP contribution in [0.2, 0.25) is 0 Å². The first kappa shape index (κ1) is 16.8. The molecule has 0 spiro atoms. The molecule has 1 amide bonds. The molecular formula is C17H19N5O3S. The van der Waals surface area contributed by atoms with Crippen molar-refractivity contribution in [1.29, 1.82) is 0 Å². The number of H-pyrrole nitrogens is 1. The van der Waals surface area contributed by atoms with Crippen molar-refractivity contribution in [2.45, 2.75) is 19.6 Å². The third kappa shape index (κ3) is 3.23. The zero-order valence-corrected chi connectivity index (χ0v) is 15.1. The summed E-state index contributed by atoms with van der Waals surface area (Å²) >= 11 is 0. The summed E-state index contributed by atoms with van der Waals surface area (Å²) in [6, 6.07) is 11.3. The highest BCUT2D eigenvalue weighted by molar-refractivity contribution is 7.88. The van der Waals surface area contributed by atoms with E-state index in [1.54, 1.807) is 4.68 Å². The number of sulfonamides is 1. The molecule has 2 aromatic heterocycles. The summed E-state index contributed by atoms with van der Waals surface area (Å²) in [7, 11) is -3.22. The van der Waals surface area contributed by atoms with Crippen LogP contribution in [0.1, 0.15) is 21.9 Å². The van der Waals surface area contributed by atoms with Gasteiger partial charge in [0.2, 0.25) is 10.0 Å². The van der Waals surface area contributed by atoms with E-state index in [4.69, 9.17) is 0 Å². The van der Waals surface area contributed by atoms with Crippen LogP contribution < -0.4 is 5.32 Å². The summed E-state index contributed by atoms with van der Waals surface area (Å²) in [6.45, 7) is 1.52. The van der Waals surface area contributed by atoms with E-state index >= 15 is 0 Å². The number of carbonyl (C=O) groups excluding carboxylic acids is 1. The zero-order valence-electron chi connectivity index (χ0n) is 14.3. The number of hydrogen-bond donors (Lipinski definition) is 2. The van der Waals surface area contributed by atoms with Gasteiger partial charge in [-0.3, -0.25) is 9.48 Å². The molecule has 0 saturated heterocycles. The topological polar surface area (TPSA) is 100 Å². The van der Waals surface area contributed by atoms with Crippen molar-refractivity contribution >= 4 is 26.8 Å². The van der Waals surface area contributed by atoms with Gasteiger partial charge >= 0.3 is 0 Å². The monoisotopic (exact) mass is 373 g/mol. The van der Waals surface area contributed by atoms with Crippen LogP contribution >= 0.6 is 0 Å². The number of hydrogen-bond acceptors (Lipinski definition) is 4. The molecule has 1 aliphatic heterocycles. The Morgan fingerprint density at radius 3 is 2.85 bits per heavy atom. The number of para-hydroxylation sites is 1. The molecule has 26 heavy (non-hydrogen) atoms. The molecule has 136 valence electrons. The standard InChI is InChI=1S/C17H19N5O3S/c1-26(24,25)21-6-7-22-14(11-21)9-13(20-22)10-18-17(23)16-8-12-4-2-3-5-15(12)19-16/h2-5,8-9,19H,6-7,10-11H2,1H3,(H,18,23). The van der Waals surface area contributed by atoms with Gasteiger partial charge in [-0.05, 0) is 18.2 Å². The quantitative estimate of drug-likeness (QED) is 0.714. The number of rotatable bonds is 4. The molecule has 4 rings (SSSR count). The van der Waals surface area contributed by atoms with Crippen LogP contribution in [-0.2, 0) is 29.7 Å². The fourth-order valence-electron chi connectivity index (χ4n) is 3.13. The molecule has 1 aromatic carbocycles. The summed E-state index contributed by atoms with van der Waals surface area (Å²) in [5.74, 6) is -0.204. The highest BCUT2D eigenvalue weighted by Crippen LogP contribution is 2.17. The fourth-order valence-corrected chi connectivity index (χ4v) is 3.91. The van der Waals surface area contributed by atoms with E-state index in [-0.39, 0.29) is 12.5 Å².